The summed E-state index contributed by atoms with van der Waals surface area (Å²) in [5.74, 6) is 0.935. The number of ketones is 1. The summed E-state index contributed by atoms with van der Waals surface area (Å²) in [5, 5.41) is 0. The van der Waals surface area contributed by atoms with E-state index in [2.05, 4.69) is 12.1 Å². The van der Waals surface area contributed by atoms with Gasteiger partial charge in [0.2, 0.25) is 0 Å². The van der Waals surface area contributed by atoms with Crippen LogP contribution in [0.1, 0.15) is 53.9 Å². The molecule has 0 amide bonds. The largest absolute Gasteiger partial charge is 0.385 e. The molecule has 1 aliphatic rings. The first-order valence-electron chi connectivity index (χ1n) is 6.43. The average molecular weight is 232 g/mol. The Balaban J connectivity index is 1.97. The Bertz CT molecular complexity index is 380. The lowest BCUT2D eigenvalue weighted by Crippen LogP contribution is -2.10. The zero-order valence-electron chi connectivity index (χ0n) is 10.4. The van der Waals surface area contributed by atoms with Gasteiger partial charge in [-0.2, -0.15) is 0 Å². The summed E-state index contributed by atoms with van der Waals surface area (Å²) in [7, 11) is 1.67. The Hall–Kier alpha value is -1.15. The summed E-state index contributed by atoms with van der Waals surface area (Å²) in [5.41, 5.74) is 2.21. The van der Waals surface area contributed by atoms with Gasteiger partial charge in [0.05, 0.1) is 0 Å². The van der Waals surface area contributed by atoms with Crippen molar-refractivity contribution in [3.63, 3.8) is 0 Å². The molecule has 2 nitrogen and oxygen atoms in total. The van der Waals surface area contributed by atoms with Gasteiger partial charge in [-0.05, 0) is 36.8 Å². The molecule has 2 rings (SSSR count). The maximum Gasteiger partial charge on any atom is 0.162 e. The molecule has 1 aromatic rings. The SMILES string of the molecule is COCCCC(=O)c1cccc(C2CCC2)c1. The molecule has 0 saturated heterocycles. The van der Waals surface area contributed by atoms with Crippen molar-refractivity contribution in [3.05, 3.63) is 35.4 Å². The lowest BCUT2D eigenvalue weighted by Gasteiger charge is -2.26. The highest BCUT2D eigenvalue weighted by Crippen LogP contribution is 2.36. The molecule has 92 valence electrons. The topological polar surface area (TPSA) is 26.3 Å². The molecule has 0 atom stereocenters. The van der Waals surface area contributed by atoms with E-state index in [0.717, 1.165) is 12.0 Å². The minimum absolute atomic E-state index is 0.239. The van der Waals surface area contributed by atoms with Gasteiger partial charge in [-0.15, -0.1) is 0 Å². The van der Waals surface area contributed by atoms with Crippen LogP contribution in [0.2, 0.25) is 0 Å². The van der Waals surface area contributed by atoms with Crippen LogP contribution in [0, 0.1) is 0 Å². The van der Waals surface area contributed by atoms with Crippen molar-refractivity contribution in [1.82, 2.24) is 0 Å². The molecule has 0 radical (unpaired) electrons. The number of hydrogen-bond acceptors (Lipinski definition) is 2. The van der Waals surface area contributed by atoms with Crippen LogP contribution in [0.15, 0.2) is 24.3 Å². The van der Waals surface area contributed by atoms with Crippen LogP contribution in [0.25, 0.3) is 0 Å². The minimum Gasteiger partial charge on any atom is -0.385 e. The zero-order valence-corrected chi connectivity index (χ0v) is 10.4. The summed E-state index contributed by atoms with van der Waals surface area (Å²) in [6.07, 6.45) is 5.28. The summed E-state index contributed by atoms with van der Waals surface area (Å²) >= 11 is 0. The number of Topliss-reactive ketones (excluding diaryl/α,β-unsaturated/α-hetero) is 1. The Morgan fingerprint density at radius 2 is 2.24 bits per heavy atom. The van der Waals surface area contributed by atoms with Gasteiger partial charge in [-0.1, -0.05) is 24.6 Å². The molecule has 17 heavy (non-hydrogen) atoms. The zero-order chi connectivity index (χ0) is 12.1. The minimum atomic E-state index is 0.239. The van der Waals surface area contributed by atoms with E-state index in [-0.39, 0.29) is 5.78 Å². The van der Waals surface area contributed by atoms with E-state index in [1.165, 1.54) is 24.8 Å². The molecule has 1 fully saturated rings. The molecular formula is C15H20O2. The molecule has 1 saturated carbocycles. The van der Waals surface area contributed by atoms with Crippen molar-refractivity contribution < 1.29 is 9.53 Å². The van der Waals surface area contributed by atoms with Gasteiger partial charge in [-0.25, -0.2) is 0 Å². The molecule has 1 aliphatic carbocycles. The molecule has 0 unspecified atom stereocenters. The quantitative estimate of drug-likeness (QED) is 0.553. The summed E-state index contributed by atoms with van der Waals surface area (Å²) in [6, 6.07) is 8.17. The van der Waals surface area contributed by atoms with Gasteiger partial charge in [0, 0.05) is 25.7 Å². The fourth-order valence-electron chi connectivity index (χ4n) is 2.23. The Kier molecular flexibility index (Phi) is 4.32. The summed E-state index contributed by atoms with van der Waals surface area (Å²) < 4.78 is 4.96. The van der Waals surface area contributed by atoms with E-state index in [4.69, 9.17) is 4.74 Å². The summed E-state index contributed by atoms with van der Waals surface area (Å²) in [4.78, 5) is 11.9. The number of carbonyl (C=O) groups is 1. The molecule has 0 spiro atoms. The maximum absolute atomic E-state index is 11.9. The first-order valence-corrected chi connectivity index (χ1v) is 6.43. The first-order chi connectivity index (χ1) is 8.31. The number of methoxy groups -OCH3 is 1. The standard InChI is InChI=1S/C15H20O2/c1-17-10-4-9-15(16)14-8-3-7-13(11-14)12-5-2-6-12/h3,7-8,11-12H,2,4-6,9-10H2,1H3. The van der Waals surface area contributed by atoms with Crippen molar-refractivity contribution in [3.8, 4) is 0 Å². The van der Waals surface area contributed by atoms with Crippen molar-refractivity contribution in [2.24, 2.45) is 0 Å². The van der Waals surface area contributed by atoms with Crippen LogP contribution in [0.4, 0.5) is 0 Å². The normalized spacial score (nSPS) is 15.6. The van der Waals surface area contributed by atoms with E-state index < -0.39 is 0 Å². The second kappa shape index (κ2) is 5.97. The highest BCUT2D eigenvalue weighted by Gasteiger charge is 2.20. The van der Waals surface area contributed by atoms with Gasteiger partial charge in [0.15, 0.2) is 5.78 Å². The van der Waals surface area contributed by atoms with Crippen molar-refractivity contribution in [2.45, 2.75) is 38.0 Å². The third-order valence-corrected chi connectivity index (χ3v) is 3.54. The number of rotatable bonds is 6. The Morgan fingerprint density at radius 1 is 1.41 bits per heavy atom. The van der Waals surface area contributed by atoms with Gasteiger partial charge in [0.25, 0.3) is 0 Å². The van der Waals surface area contributed by atoms with E-state index in [9.17, 15) is 4.79 Å². The highest BCUT2D eigenvalue weighted by molar-refractivity contribution is 5.96. The lowest BCUT2D eigenvalue weighted by atomic mass is 9.79. The number of hydrogen-bond donors (Lipinski definition) is 0. The molecule has 1 aromatic carbocycles. The predicted molar refractivity (Wildman–Crippen MR) is 68.5 cm³/mol. The molecule has 0 aromatic heterocycles. The van der Waals surface area contributed by atoms with Gasteiger partial charge < -0.3 is 4.74 Å². The van der Waals surface area contributed by atoms with Crippen LogP contribution in [0.3, 0.4) is 0 Å². The molecule has 0 heterocycles. The Morgan fingerprint density at radius 3 is 2.88 bits per heavy atom. The van der Waals surface area contributed by atoms with Gasteiger partial charge >= 0.3 is 0 Å². The molecular weight excluding hydrogens is 212 g/mol. The molecule has 0 aliphatic heterocycles. The van der Waals surface area contributed by atoms with E-state index in [1.807, 2.05) is 12.1 Å². The fraction of sp³-hybridized carbons (Fsp3) is 0.533. The van der Waals surface area contributed by atoms with Crippen molar-refractivity contribution in [1.29, 1.82) is 0 Å². The average Bonchev–Trinajstić information content (AvgIpc) is 2.27. The third-order valence-electron chi connectivity index (χ3n) is 3.54. The lowest BCUT2D eigenvalue weighted by molar-refractivity contribution is 0.0963. The number of ether oxygens (including phenoxy) is 1. The summed E-state index contributed by atoms with van der Waals surface area (Å²) in [6.45, 7) is 0.661. The Labute approximate surface area is 103 Å². The fourth-order valence-corrected chi connectivity index (χ4v) is 2.23. The molecule has 0 bridgehead atoms. The first kappa shape index (κ1) is 12.3. The van der Waals surface area contributed by atoms with E-state index >= 15 is 0 Å². The van der Waals surface area contributed by atoms with Crippen LogP contribution in [-0.2, 0) is 4.74 Å². The monoisotopic (exact) mass is 232 g/mol. The maximum atomic E-state index is 11.9. The third kappa shape index (κ3) is 3.16. The van der Waals surface area contributed by atoms with Crippen LogP contribution in [0.5, 0.6) is 0 Å². The highest BCUT2D eigenvalue weighted by atomic mass is 16.5. The van der Waals surface area contributed by atoms with Crippen molar-refractivity contribution >= 4 is 5.78 Å². The van der Waals surface area contributed by atoms with E-state index in [1.54, 1.807) is 7.11 Å². The van der Waals surface area contributed by atoms with E-state index in [0.29, 0.717) is 18.9 Å². The second-order valence-corrected chi connectivity index (χ2v) is 4.77. The molecule has 2 heteroatoms. The second-order valence-electron chi connectivity index (χ2n) is 4.77. The van der Waals surface area contributed by atoms with Crippen LogP contribution < -0.4 is 0 Å². The number of carbonyl (C=O) groups excluding carboxylic acids is 1. The predicted octanol–water partition coefficient (Wildman–Crippen LogP) is 3.56. The van der Waals surface area contributed by atoms with Crippen LogP contribution in [-0.4, -0.2) is 19.5 Å². The van der Waals surface area contributed by atoms with Gasteiger partial charge in [-0.3, -0.25) is 4.79 Å². The smallest absolute Gasteiger partial charge is 0.162 e. The van der Waals surface area contributed by atoms with Gasteiger partial charge in [0.1, 0.15) is 0 Å². The number of benzene rings is 1. The van der Waals surface area contributed by atoms with Crippen molar-refractivity contribution in [2.75, 3.05) is 13.7 Å². The van der Waals surface area contributed by atoms with Crippen LogP contribution >= 0.6 is 0 Å². The molecule has 0 N–H and O–H groups in total.